The van der Waals surface area contributed by atoms with Crippen LogP contribution in [0.15, 0.2) is 12.1 Å². The minimum Gasteiger partial charge on any atom is -0.481 e. The Morgan fingerprint density at radius 1 is 1.37 bits per heavy atom. The first-order valence-corrected chi connectivity index (χ1v) is 6.33. The summed E-state index contributed by atoms with van der Waals surface area (Å²) in [5.74, 6) is -0.887. The van der Waals surface area contributed by atoms with Gasteiger partial charge in [-0.1, -0.05) is 0 Å². The number of aliphatic carboxylic acids is 1. The van der Waals surface area contributed by atoms with Crippen molar-refractivity contribution in [1.29, 1.82) is 0 Å². The molecule has 0 spiro atoms. The molecule has 0 saturated heterocycles. The van der Waals surface area contributed by atoms with Gasteiger partial charge in [-0.25, -0.2) is 0 Å². The Hall–Kier alpha value is -1.12. The van der Waals surface area contributed by atoms with E-state index in [4.69, 9.17) is 5.11 Å². The molecule has 1 aromatic heterocycles. The Bertz CT molecular complexity index is 406. The maximum atomic E-state index is 11.7. The van der Waals surface area contributed by atoms with Gasteiger partial charge in [-0.2, -0.15) is 13.2 Å². The van der Waals surface area contributed by atoms with E-state index in [1.807, 2.05) is 0 Å². The molecule has 0 fully saturated rings. The van der Waals surface area contributed by atoms with Crippen LogP contribution in [0.25, 0.3) is 0 Å². The van der Waals surface area contributed by atoms with Crippen molar-refractivity contribution in [3.8, 4) is 0 Å². The van der Waals surface area contributed by atoms with Gasteiger partial charge in [0.05, 0.1) is 13.0 Å². The molecule has 0 amide bonds. The lowest BCUT2D eigenvalue weighted by Gasteiger charge is -2.07. The van der Waals surface area contributed by atoms with Crippen LogP contribution >= 0.6 is 11.3 Å². The molecular weight excluding hydrogens is 283 g/mol. The molecule has 0 aliphatic rings. The van der Waals surface area contributed by atoms with Gasteiger partial charge in [0.25, 0.3) is 0 Å². The van der Waals surface area contributed by atoms with Crippen molar-refractivity contribution in [3.05, 3.63) is 21.9 Å². The van der Waals surface area contributed by atoms with Crippen molar-refractivity contribution in [2.75, 3.05) is 19.8 Å². The highest BCUT2D eigenvalue weighted by atomic mass is 32.1. The van der Waals surface area contributed by atoms with Crippen molar-refractivity contribution < 1.29 is 27.8 Å². The third-order valence-electron chi connectivity index (χ3n) is 2.03. The highest BCUT2D eigenvalue weighted by Crippen LogP contribution is 2.17. The van der Waals surface area contributed by atoms with Crippen molar-refractivity contribution in [1.82, 2.24) is 5.32 Å². The molecule has 0 radical (unpaired) electrons. The minimum absolute atomic E-state index is 0.0145. The number of carboxylic acid groups (broad SMARTS) is 1. The van der Waals surface area contributed by atoms with Crippen LogP contribution < -0.4 is 5.32 Å². The third-order valence-corrected chi connectivity index (χ3v) is 3.12. The Kier molecular flexibility index (Phi) is 6.26. The van der Waals surface area contributed by atoms with E-state index in [1.165, 1.54) is 11.3 Å². The van der Waals surface area contributed by atoms with Gasteiger partial charge in [0.15, 0.2) is 0 Å². The van der Waals surface area contributed by atoms with E-state index < -0.39 is 18.8 Å². The lowest BCUT2D eigenvalue weighted by Crippen LogP contribution is -2.23. The molecule has 0 aliphatic carbocycles. The fraction of sp³-hybridized carbons (Fsp3) is 0.545. The standard InChI is InChI=1S/C11H14F3NO3S/c12-11(13,14)7-18-4-3-15-6-9-2-1-8(19-9)5-10(16)17/h1-2,15H,3-7H2,(H,16,17). The van der Waals surface area contributed by atoms with Gasteiger partial charge in [-0.3, -0.25) is 4.79 Å². The predicted molar refractivity (Wildman–Crippen MR) is 64.2 cm³/mol. The number of nitrogens with one attached hydrogen (secondary N) is 1. The van der Waals surface area contributed by atoms with Crippen LogP contribution in [0.2, 0.25) is 0 Å². The van der Waals surface area contributed by atoms with Gasteiger partial charge in [-0.15, -0.1) is 11.3 Å². The zero-order valence-electron chi connectivity index (χ0n) is 10.00. The van der Waals surface area contributed by atoms with Gasteiger partial charge < -0.3 is 15.2 Å². The molecule has 2 N–H and O–H groups in total. The molecule has 0 atom stereocenters. The number of ether oxygens (including phenoxy) is 1. The third kappa shape index (κ3) is 7.81. The maximum absolute atomic E-state index is 11.7. The molecular formula is C11H14F3NO3S. The number of rotatable bonds is 8. The van der Waals surface area contributed by atoms with Gasteiger partial charge >= 0.3 is 12.1 Å². The van der Waals surface area contributed by atoms with Crippen molar-refractivity contribution in [3.63, 3.8) is 0 Å². The van der Waals surface area contributed by atoms with Crippen molar-refractivity contribution in [2.45, 2.75) is 19.1 Å². The molecule has 108 valence electrons. The lowest BCUT2D eigenvalue weighted by molar-refractivity contribution is -0.173. The van der Waals surface area contributed by atoms with Crippen LogP contribution in [-0.2, 0) is 22.5 Å². The molecule has 8 heteroatoms. The van der Waals surface area contributed by atoms with Gasteiger partial charge in [0.2, 0.25) is 0 Å². The highest BCUT2D eigenvalue weighted by molar-refractivity contribution is 7.12. The van der Waals surface area contributed by atoms with E-state index in [2.05, 4.69) is 10.1 Å². The topological polar surface area (TPSA) is 58.6 Å². The molecule has 4 nitrogen and oxygen atoms in total. The molecule has 1 aromatic rings. The lowest BCUT2D eigenvalue weighted by atomic mass is 10.3. The van der Waals surface area contributed by atoms with Crippen LogP contribution in [0.4, 0.5) is 13.2 Å². The van der Waals surface area contributed by atoms with Gasteiger partial charge in [0, 0.05) is 22.8 Å². The first kappa shape index (κ1) is 15.9. The molecule has 0 aromatic carbocycles. The Balaban J connectivity index is 2.12. The summed E-state index contributed by atoms with van der Waals surface area (Å²) < 4.78 is 39.7. The van der Waals surface area contributed by atoms with E-state index in [0.717, 1.165) is 9.75 Å². The summed E-state index contributed by atoms with van der Waals surface area (Å²) in [6.07, 6.45) is -4.31. The highest BCUT2D eigenvalue weighted by Gasteiger charge is 2.27. The fourth-order valence-electron chi connectivity index (χ4n) is 1.31. The summed E-state index contributed by atoms with van der Waals surface area (Å²) in [5.41, 5.74) is 0. The smallest absolute Gasteiger partial charge is 0.411 e. The largest absolute Gasteiger partial charge is 0.481 e. The minimum atomic E-state index is -4.29. The molecule has 0 bridgehead atoms. The monoisotopic (exact) mass is 297 g/mol. The summed E-state index contributed by atoms with van der Waals surface area (Å²) in [6.45, 7) is -0.467. The van der Waals surface area contributed by atoms with Gasteiger partial charge in [-0.05, 0) is 12.1 Å². The molecule has 0 aliphatic heterocycles. The van der Waals surface area contributed by atoms with E-state index in [1.54, 1.807) is 12.1 Å². The summed E-state index contributed by atoms with van der Waals surface area (Å²) in [7, 11) is 0. The van der Waals surface area contributed by atoms with E-state index in [-0.39, 0.29) is 13.0 Å². The predicted octanol–water partition coefficient (Wildman–Crippen LogP) is 2.04. The van der Waals surface area contributed by atoms with E-state index >= 15 is 0 Å². The number of alkyl halides is 3. The fourth-order valence-corrected chi connectivity index (χ4v) is 2.28. The number of carboxylic acids is 1. The van der Waals surface area contributed by atoms with Crippen LogP contribution in [0.3, 0.4) is 0 Å². The second-order valence-electron chi connectivity index (χ2n) is 3.78. The Morgan fingerprint density at radius 3 is 2.68 bits per heavy atom. The van der Waals surface area contributed by atoms with Crippen LogP contribution in [0, 0.1) is 0 Å². The molecule has 0 unspecified atom stereocenters. The summed E-state index contributed by atoms with van der Waals surface area (Å²) in [4.78, 5) is 12.2. The normalized spacial score (nSPS) is 11.7. The van der Waals surface area contributed by atoms with Gasteiger partial charge in [0.1, 0.15) is 6.61 Å². The first-order chi connectivity index (χ1) is 8.87. The Morgan fingerprint density at radius 2 is 2.05 bits per heavy atom. The van der Waals surface area contributed by atoms with E-state index in [0.29, 0.717) is 13.1 Å². The molecule has 1 rings (SSSR count). The summed E-state index contributed by atoms with van der Waals surface area (Å²) in [5, 5.41) is 11.5. The number of halogens is 3. The SMILES string of the molecule is O=C(O)Cc1ccc(CNCCOCC(F)(F)F)s1. The Labute approximate surface area is 112 Å². The zero-order valence-corrected chi connectivity index (χ0v) is 10.8. The average Bonchev–Trinajstić information content (AvgIpc) is 2.68. The maximum Gasteiger partial charge on any atom is 0.411 e. The van der Waals surface area contributed by atoms with Crippen LogP contribution in [0.1, 0.15) is 9.75 Å². The van der Waals surface area contributed by atoms with Crippen molar-refractivity contribution in [2.24, 2.45) is 0 Å². The number of carbonyl (C=O) groups is 1. The van der Waals surface area contributed by atoms with Crippen LogP contribution in [-0.4, -0.2) is 37.0 Å². The number of thiophene rings is 1. The molecule has 1 heterocycles. The molecule has 19 heavy (non-hydrogen) atoms. The number of hydrogen-bond donors (Lipinski definition) is 2. The summed E-state index contributed by atoms with van der Waals surface area (Å²) in [6, 6.07) is 3.53. The van der Waals surface area contributed by atoms with E-state index in [9.17, 15) is 18.0 Å². The summed E-state index contributed by atoms with van der Waals surface area (Å²) >= 11 is 1.37. The quantitative estimate of drug-likeness (QED) is 0.721. The van der Waals surface area contributed by atoms with Crippen LogP contribution in [0.5, 0.6) is 0 Å². The zero-order chi connectivity index (χ0) is 14.3. The second-order valence-corrected chi connectivity index (χ2v) is 5.04. The average molecular weight is 297 g/mol. The first-order valence-electron chi connectivity index (χ1n) is 5.51. The second kappa shape index (κ2) is 7.46. The van der Waals surface area contributed by atoms with Crippen molar-refractivity contribution >= 4 is 17.3 Å². The molecule has 0 saturated carbocycles. The number of hydrogen-bond acceptors (Lipinski definition) is 4.